The van der Waals surface area contributed by atoms with Crippen LogP contribution in [0.4, 0.5) is 15.6 Å². The van der Waals surface area contributed by atoms with Gasteiger partial charge < -0.3 is 15.8 Å². The summed E-state index contributed by atoms with van der Waals surface area (Å²) in [6, 6.07) is 16.4. The summed E-state index contributed by atoms with van der Waals surface area (Å²) in [6.45, 7) is 5.46. The molecule has 3 aromatic rings. The molecular weight excluding hydrogens is 436 g/mol. The van der Waals surface area contributed by atoms with Gasteiger partial charge in [0.05, 0.1) is 10.9 Å². The Morgan fingerprint density at radius 1 is 1.09 bits per heavy atom. The Hall–Kier alpha value is -3.39. The average molecular weight is 465 g/mol. The largest absolute Gasteiger partial charge is 0.444 e. The van der Waals surface area contributed by atoms with Gasteiger partial charge in [0.25, 0.3) is 0 Å². The van der Waals surface area contributed by atoms with Crippen LogP contribution < -0.4 is 11.1 Å². The van der Waals surface area contributed by atoms with Crippen molar-refractivity contribution >= 4 is 34.2 Å². The summed E-state index contributed by atoms with van der Waals surface area (Å²) in [6.07, 6.45) is 2.45. The van der Waals surface area contributed by atoms with E-state index in [9.17, 15) is 9.59 Å². The van der Waals surface area contributed by atoms with Crippen LogP contribution in [0.15, 0.2) is 60.8 Å². The number of hydrogen-bond acceptors (Lipinski definition) is 6. The van der Waals surface area contributed by atoms with E-state index in [1.807, 2.05) is 75.4 Å². The highest BCUT2D eigenvalue weighted by Crippen LogP contribution is 2.38. The van der Waals surface area contributed by atoms with Gasteiger partial charge in [-0.15, -0.1) is 0 Å². The van der Waals surface area contributed by atoms with Crippen molar-refractivity contribution in [2.75, 3.05) is 11.1 Å². The quantitative estimate of drug-likeness (QED) is 0.499. The first-order valence-corrected chi connectivity index (χ1v) is 11.7. The van der Waals surface area contributed by atoms with Crippen LogP contribution in [0.2, 0.25) is 0 Å². The first-order chi connectivity index (χ1) is 15.7. The molecule has 1 fully saturated rings. The van der Waals surface area contributed by atoms with Crippen LogP contribution >= 0.6 is 11.3 Å². The lowest BCUT2D eigenvalue weighted by molar-refractivity contribution is -0.120. The van der Waals surface area contributed by atoms with Gasteiger partial charge in [-0.2, -0.15) is 0 Å². The Kier molecular flexibility index (Phi) is 6.37. The highest BCUT2D eigenvalue weighted by atomic mass is 32.1. The van der Waals surface area contributed by atoms with Crippen molar-refractivity contribution in [3.63, 3.8) is 0 Å². The molecule has 2 atom stereocenters. The third-order valence-corrected chi connectivity index (χ3v) is 6.37. The van der Waals surface area contributed by atoms with Crippen LogP contribution in [0.3, 0.4) is 0 Å². The van der Waals surface area contributed by atoms with E-state index in [0.29, 0.717) is 23.7 Å². The van der Waals surface area contributed by atoms with Crippen LogP contribution in [0, 0.1) is 0 Å². The maximum atomic E-state index is 13.3. The molecule has 172 valence electrons. The van der Waals surface area contributed by atoms with Crippen LogP contribution in [0.5, 0.6) is 0 Å². The van der Waals surface area contributed by atoms with Gasteiger partial charge >= 0.3 is 6.09 Å². The Morgan fingerprint density at radius 3 is 2.45 bits per heavy atom. The standard InChI is InChI=1S/C25H28N4O3S/c1-25(2,3)32-24(31)29-19(16-7-5-4-6-8-16)13-14-20(29)22(30)28-23-27-15-21(33-23)17-9-11-18(26)12-10-17/h4-12,15,19-20H,13-14,26H2,1-3H3,(H,27,28,30)/t19-,20+/m1/s1. The molecule has 0 spiro atoms. The van der Waals surface area contributed by atoms with E-state index in [0.717, 1.165) is 16.0 Å². The fraction of sp³-hybridized carbons (Fsp3) is 0.320. The normalized spacial score (nSPS) is 18.2. The number of anilines is 2. The number of hydrogen-bond donors (Lipinski definition) is 2. The number of ether oxygens (including phenoxy) is 1. The van der Waals surface area contributed by atoms with Crippen LogP contribution in [-0.4, -0.2) is 33.5 Å². The lowest BCUT2D eigenvalue weighted by Crippen LogP contribution is -2.46. The zero-order valence-corrected chi connectivity index (χ0v) is 19.8. The lowest BCUT2D eigenvalue weighted by atomic mass is 10.1. The van der Waals surface area contributed by atoms with E-state index in [-0.39, 0.29) is 11.9 Å². The van der Waals surface area contributed by atoms with E-state index < -0.39 is 17.7 Å². The molecule has 1 aliphatic heterocycles. The molecule has 1 saturated heterocycles. The second-order valence-electron chi connectivity index (χ2n) is 9.05. The van der Waals surface area contributed by atoms with Crippen molar-refractivity contribution in [3.8, 4) is 10.4 Å². The summed E-state index contributed by atoms with van der Waals surface area (Å²) < 4.78 is 5.66. The van der Waals surface area contributed by atoms with Gasteiger partial charge in [-0.05, 0) is 56.9 Å². The predicted molar refractivity (Wildman–Crippen MR) is 131 cm³/mol. The minimum Gasteiger partial charge on any atom is -0.444 e. The van der Waals surface area contributed by atoms with Crippen molar-refractivity contribution in [3.05, 3.63) is 66.4 Å². The van der Waals surface area contributed by atoms with Crippen molar-refractivity contribution in [1.29, 1.82) is 0 Å². The van der Waals surface area contributed by atoms with Crippen molar-refractivity contribution in [1.82, 2.24) is 9.88 Å². The van der Waals surface area contributed by atoms with Gasteiger partial charge in [0.2, 0.25) is 5.91 Å². The molecule has 33 heavy (non-hydrogen) atoms. The van der Waals surface area contributed by atoms with Gasteiger partial charge in [0, 0.05) is 11.9 Å². The summed E-state index contributed by atoms with van der Waals surface area (Å²) in [5.41, 5.74) is 7.75. The number of carbonyl (C=O) groups is 2. The number of nitrogens with two attached hydrogens (primary N) is 1. The summed E-state index contributed by atoms with van der Waals surface area (Å²) in [5, 5.41) is 3.38. The number of nitrogens with one attached hydrogen (secondary N) is 1. The van der Waals surface area contributed by atoms with Crippen LogP contribution in [0.1, 0.15) is 45.2 Å². The SMILES string of the molecule is CC(C)(C)OC(=O)N1[C@@H](c2ccccc2)CC[C@H]1C(=O)Nc1ncc(-c2ccc(N)cc2)s1. The van der Waals surface area contributed by atoms with E-state index in [4.69, 9.17) is 10.5 Å². The van der Waals surface area contributed by atoms with E-state index in [1.54, 1.807) is 11.1 Å². The molecule has 1 aromatic heterocycles. The van der Waals surface area contributed by atoms with Crippen LogP contribution in [-0.2, 0) is 9.53 Å². The topological polar surface area (TPSA) is 97.5 Å². The van der Waals surface area contributed by atoms with Crippen LogP contribution in [0.25, 0.3) is 10.4 Å². The summed E-state index contributed by atoms with van der Waals surface area (Å²) >= 11 is 1.38. The molecule has 0 bridgehead atoms. The molecule has 1 aliphatic rings. The third kappa shape index (κ3) is 5.34. The number of benzene rings is 2. The van der Waals surface area contributed by atoms with Gasteiger partial charge in [-0.3, -0.25) is 9.69 Å². The molecule has 4 rings (SSSR count). The molecule has 3 N–H and O–H groups in total. The third-order valence-electron chi connectivity index (χ3n) is 5.41. The molecule has 0 radical (unpaired) electrons. The molecule has 8 heteroatoms. The van der Waals surface area contributed by atoms with Crippen molar-refractivity contribution in [2.24, 2.45) is 0 Å². The summed E-state index contributed by atoms with van der Waals surface area (Å²) in [7, 11) is 0. The number of carbonyl (C=O) groups excluding carboxylic acids is 2. The number of aromatic nitrogens is 1. The second-order valence-corrected chi connectivity index (χ2v) is 10.1. The average Bonchev–Trinajstić information content (AvgIpc) is 3.41. The first kappa shape index (κ1) is 22.8. The second kappa shape index (κ2) is 9.23. The lowest BCUT2D eigenvalue weighted by Gasteiger charge is -2.32. The van der Waals surface area contributed by atoms with Gasteiger partial charge in [-0.25, -0.2) is 9.78 Å². The maximum absolute atomic E-state index is 13.3. The Labute approximate surface area is 197 Å². The Bertz CT molecular complexity index is 1120. The summed E-state index contributed by atoms with van der Waals surface area (Å²) in [5.74, 6) is -0.266. The van der Waals surface area contributed by atoms with E-state index >= 15 is 0 Å². The number of rotatable bonds is 4. The smallest absolute Gasteiger partial charge is 0.411 e. The molecule has 0 unspecified atom stereocenters. The molecule has 2 aromatic carbocycles. The number of thiazole rings is 1. The minimum absolute atomic E-state index is 0.224. The highest BCUT2D eigenvalue weighted by Gasteiger charge is 2.43. The monoisotopic (exact) mass is 464 g/mol. The molecular formula is C25H28N4O3S. The number of likely N-dealkylation sites (tertiary alicyclic amines) is 1. The first-order valence-electron chi connectivity index (χ1n) is 10.9. The Morgan fingerprint density at radius 2 is 1.79 bits per heavy atom. The molecule has 7 nitrogen and oxygen atoms in total. The van der Waals surface area contributed by atoms with Gasteiger partial charge in [-0.1, -0.05) is 53.8 Å². The molecule has 0 saturated carbocycles. The minimum atomic E-state index is -0.661. The fourth-order valence-electron chi connectivity index (χ4n) is 3.94. The maximum Gasteiger partial charge on any atom is 0.411 e. The van der Waals surface area contributed by atoms with Crippen molar-refractivity contribution < 1.29 is 14.3 Å². The zero-order valence-electron chi connectivity index (χ0n) is 18.9. The van der Waals surface area contributed by atoms with E-state index in [1.165, 1.54) is 11.3 Å². The van der Waals surface area contributed by atoms with Gasteiger partial charge in [0.1, 0.15) is 11.6 Å². The summed E-state index contributed by atoms with van der Waals surface area (Å²) in [4.78, 5) is 33.2. The molecule has 2 heterocycles. The van der Waals surface area contributed by atoms with Crippen molar-refractivity contribution in [2.45, 2.75) is 51.3 Å². The highest BCUT2D eigenvalue weighted by molar-refractivity contribution is 7.19. The Balaban J connectivity index is 1.54. The van der Waals surface area contributed by atoms with E-state index in [2.05, 4.69) is 10.3 Å². The number of amides is 2. The van der Waals surface area contributed by atoms with Gasteiger partial charge in [0.15, 0.2) is 5.13 Å². The molecule has 0 aliphatic carbocycles. The molecule has 2 amide bonds. The predicted octanol–water partition coefficient (Wildman–Crippen LogP) is 5.47. The number of nitrogens with zero attached hydrogens (tertiary/aromatic N) is 2. The zero-order chi connectivity index (χ0) is 23.6. The number of nitrogen functional groups attached to an aromatic ring is 1. The fourth-order valence-corrected chi connectivity index (χ4v) is 4.77.